The number of hydrogen-bond donors (Lipinski definition) is 1. The van der Waals surface area contributed by atoms with E-state index in [0.717, 1.165) is 5.69 Å². The lowest BCUT2D eigenvalue weighted by atomic mass is 9.87. The fraction of sp³-hybridized carbons (Fsp3) is 0.750. The minimum Gasteiger partial charge on any atom is -0.265 e. The first kappa shape index (κ1) is 6.83. The van der Waals surface area contributed by atoms with Crippen molar-refractivity contribution in [3.05, 3.63) is 11.9 Å². The topological polar surface area (TPSA) is 41.6 Å². The summed E-state index contributed by atoms with van der Waals surface area (Å²) in [5.74, 6) is 0.683. The van der Waals surface area contributed by atoms with Gasteiger partial charge >= 0.3 is 0 Å². The first-order valence-electron chi connectivity index (χ1n) is 4.33. The van der Waals surface area contributed by atoms with Crippen molar-refractivity contribution in [2.24, 2.45) is 0 Å². The molecule has 0 spiro atoms. The van der Waals surface area contributed by atoms with E-state index in [1.165, 1.54) is 32.1 Å². The lowest BCUT2D eigenvalue weighted by Gasteiger charge is -2.18. The van der Waals surface area contributed by atoms with E-state index >= 15 is 0 Å². The van der Waals surface area contributed by atoms with Gasteiger partial charge in [0.1, 0.15) is 0 Å². The van der Waals surface area contributed by atoms with E-state index in [9.17, 15) is 0 Å². The van der Waals surface area contributed by atoms with Gasteiger partial charge in [-0.3, -0.25) is 5.10 Å². The summed E-state index contributed by atoms with van der Waals surface area (Å²) in [6.45, 7) is 0. The Hall–Kier alpha value is -0.860. The molecule has 0 amide bonds. The summed E-state index contributed by atoms with van der Waals surface area (Å²) in [6.07, 6.45) is 8.64. The summed E-state index contributed by atoms with van der Waals surface area (Å²) in [5, 5.41) is 10.5. The fourth-order valence-corrected chi connectivity index (χ4v) is 1.81. The Kier molecular flexibility index (Phi) is 1.88. The number of aromatic nitrogens is 3. The van der Waals surface area contributed by atoms with Crippen LogP contribution in [-0.2, 0) is 0 Å². The molecule has 3 nitrogen and oxygen atoms in total. The van der Waals surface area contributed by atoms with E-state index in [4.69, 9.17) is 0 Å². The van der Waals surface area contributed by atoms with Gasteiger partial charge in [-0.15, -0.1) is 5.10 Å². The average molecular weight is 151 g/mol. The van der Waals surface area contributed by atoms with Crippen molar-refractivity contribution in [3.63, 3.8) is 0 Å². The number of rotatable bonds is 1. The molecule has 0 saturated heterocycles. The second-order valence-corrected chi connectivity index (χ2v) is 3.23. The molecule has 0 atom stereocenters. The van der Waals surface area contributed by atoms with E-state index in [1.54, 1.807) is 0 Å². The second kappa shape index (κ2) is 3.03. The van der Waals surface area contributed by atoms with Gasteiger partial charge in [-0.1, -0.05) is 24.5 Å². The molecule has 0 aromatic carbocycles. The van der Waals surface area contributed by atoms with Crippen LogP contribution >= 0.6 is 0 Å². The van der Waals surface area contributed by atoms with Gasteiger partial charge in [0.25, 0.3) is 0 Å². The summed E-state index contributed by atoms with van der Waals surface area (Å²) in [6, 6.07) is 0. The maximum atomic E-state index is 4.03. The molecular weight excluding hydrogens is 138 g/mol. The van der Waals surface area contributed by atoms with Crippen LogP contribution < -0.4 is 0 Å². The number of nitrogens with one attached hydrogen (secondary N) is 1. The van der Waals surface area contributed by atoms with E-state index in [1.807, 2.05) is 6.20 Å². The first-order chi connectivity index (χ1) is 5.47. The lowest BCUT2D eigenvalue weighted by molar-refractivity contribution is 0.436. The van der Waals surface area contributed by atoms with Gasteiger partial charge in [0.05, 0.1) is 5.69 Å². The predicted octanol–water partition coefficient (Wildman–Crippen LogP) is 1.85. The van der Waals surface area contributed by atoms with Gasteiger partial charge in [0.2, 0.25) is 0 Å². The summed E-state index contributed by atoms with van der Waals surface area (Å²) < 4.78 is 0. The van der Waals surface area contributed by atoms with Crippen molar-refractivity contribution < 1.29 is 0 Å². The fourth-order valence-electron chi connectivity index (χ4n) is 1.81. The molecule has 1 fully saturated rings. The molecule has 1 saturated carbocycles. The third-order valence-corrected chi connectivity index (χ3v) is 2.46. The van der Waals surface area contributed by atoms with Crippen LogP contribution in [0.4, 0.5) is 0 Å². The molecule has 1 heterocycles. The van der Waals surface area contributed by atoms with Crippen LogP contribution in [0, 0.1) is 0 Å². The van der Waals surface area contributed by atoms with Crippen molar-refractivity contribution in [2.75, 3.05) is 0 Å². The van der Waals surface area contributed by atoms with Crippen LogP contribution in [-0.4, -0.2) is 15.4 Å². The van der Waals surface area contributed by atoms with Crippen molar-refractivity contribution in [2.45, 2.75) is 38.0 Å². The van der Waals surface area contributed by atoms with E-state index < -0.39 is 0 Å². The molecule has 11 heavy (non-hydrogen) atoms. The molecule has 2 rings (SSSR count). The molecule has 60 valence electrons. The molecule has 1 aromatic rings. The van der Waals surface area contributed by atoms with Crippen LogP contribution in [0.25, 0.3) is 0 Å². The van der Waals surface area contributed by atoms with Crippen molar-refractivity contribution in [1.82, 2.24) is 15.4 Å². The minimum absolute atomic E-state index is 0.683. The normalized spacial score (nSPS) is 20.4. The summed E-state index contributed by atoms with van der Waals surface area (Å²) in [4.78, 5) is 0. The lowest BCUT2D eigenvalue weighted by Crippen LogP contribution is -2.04. The zero-order valence-electron chi connectivity index (χ0n) is 6.58. The quantitative estimate of drug-likeness (QED) is 0.665. The standard InChI is InChI=1S/C8H13N3/c1-2-4-7(5-3-1)8-6-9-11-10-8/h6-7H,1-5H2,(H,9,10,11). The number of hydrogen-bond acceptors (Lipinski definition) is 2. The Morgan fingerprint density at radius 2 is 2.09 bits per heavy atom. The number of nitrogens with zero attached hydrogens (tertiary/aromatic N) is 2. The Bertz CT molecular complexity index is 199. The Morgan fingerprint density at radius 1 is 1.27 bits per heavy atom. The van der Waals surface area contributed by atoms with Crippen molar-refractivity contribution >= 4 is 0 Å². The highest BCUT2D eigenvalue weighted by atomic mass is 15.3. The van der Waals surface area contributed by atoms with Crippen LogP contribution in [0.15, 0.2) is 6.20 Å². The van der Waals surface area contributed by atoms with E-state index in [-0.39, 0.29) is 0 Å². The van der Waals surface area contributed by atoms with Crippen LogP contribution in [0.2, 0.25) is 0 Å². The predicted molar refractivity (Wildman–Crippen MR) is 42.2 cm³/mol. The van der Waals surface area contributed by atoms with Crippen molar-refractivity contribution in [1.29, 1.82) is 0 Å². The largest absolute Gasteiger partial charge is 0.265 e. The Morgan fingerprint density at radius 3 is 2.73 bits per heavy atom. The molecule has 1 aromatic heterocycles. The molecule has 0 bridgehead atoms. The maximum Gasteiger partial charge on any atom is 0.0855 e. The summed E-state index contributed by atoms with van der Waals surface area (Å²) >= 11 is 0. The second-order valence-electron chi connectivity index (χ2n) is 3.23. The Labute approximate surface area is 66.2 Å². The number of aromatic amines is 1. The highest BCUT2D eigenvalue weighted by molar-refractivity contribution is 5.01. The monoisotopic (exact) mass is 151 g/mol. The van der Waals surface area contributed by atoms with E-state index in [0.29, 0.717) is 5.92 Å². The molecule has 1 aliphatic carbocycles. The Balaban J connectivity index is 2.04. The maximum absolute atomic E-state index is 4.03. The zero-order chi connectivity index (χ0) is 7.52. The molecular formula is C8H13N3. The average Bonchev–Trinajstić information content (AvgIpc) is 2.58. The first-order valence-corrected chi connectivity index (χ1v) is 4.33. The van der Waals surface area contributed by atoms with Crippen LogP contribution in [0.5, 0.6) is 0 Å². The molecule has 1 aliphatic rings. The van der Waals surface area contributed by atoms with Crippen LogP contribution in [0.1, 0.15) is 43.7 Å². The molecule has 0 unspecified atom stereocenters. The third kappa shape index (κ3) is 1.42. The summed E-state index contributed by atoms with van der Waals surface area (Å²) in [5.41, 5.74) is 1.16. The smallest absolute Gasteiger partial charge is 0.0855 e. The molecule has 1 N–H and O–H groups in total. The van der Waals surface area contributed by atoms with Gasteiger partial charge in [0.15, 0.2) is 0 Å². The molecule has 0 aliphatic heterocycles. The highest BCUT2D eigenvalue weighted by Gasteiger charge is 2.16. The number of H-pyrrole nitrogens is 1. The third-order valence-electron chi connectivity index (χ3n) is 2.46. The van der Waals surface area contributed by atoms with Gasteiger partial charge in [-0.2, -0.15) is 0 Å². The van der Waals surface area contributed by atoms with Crippen LogP contribution in [0.3, 0.4) is 0 Å². The van der Waals surface area contributed by atoms with E-state index in [2.05, 4.69) is 15.4 Å². The van der Waals surface area contributed by atoms with Gasteiger partial charge in [0, 0.05) is 12.1 Å². The minimum atomic E-state index is 0.683. The zero-order valence-corrected chi connectivity index (χ0v) is 6.58. The van der Waals surface area contributed by atoms with Gasteiger partial charge < -0.3 is 0 Å². The van der Waals surface area contributed by atoms with Crippen molar-refractivity contribution in [3.8, 4) is 0 Å². The molecule has 3 heteroatoms. The highest BCUT2D eigenvalue weighted by Crippen LogP contribution is 2.30. The van der Waals surface area contributed by atoms with Gasteiger partial charge in [-0.05, 0) is 12.8 Å². The van der Waals surface area contributed by atoms with Gasteiger partial charge in [-0.25, -0.2) is 0 Å². The SMILES string of the molecule is c1[nH]nnc1C1CCCCC1. The summed E-state index contributed by atoms with van der Waals surface area (Å²) in [7, 11) is 0. The molecule has 0 radical (unpaired) electrons.